The van der Waals surface area contributed by atoms with Crippen molar-refractivity contribution in [2.75, 3.05) is 23.8 Å². The molecule has 0 aliphatic carbocycles. The third-order valence-electron chi connectivity index (χ3n) is 5.92. The zero-order valence-corrected chi connectivity index (χ0v) is 18.6. The quantitative estimate of drug-likeness (QED) is 0.323. The Kier molecular flexibility index (Phi) is 6.43. The first-order chi connectivity index (χ1) is 17.0. The maximum atomic E-state index is 13.4. The Morgan fingerprint density at radius 2 is 1.91 bits per heavy atom. The van der Waals surface area contributed by atoms with E-state index in [-0.39, 0.29) is 22.9 Å². The molecule has 5 rings (SSSR count). The Morgan fingerprint density at radius 3 is 2.74 bits per heavy atom. The highest BCUT2D eigenvalue weighted by Gasteiger charge is 2.20. The minimum atomic E-state index is -2.72. The van der Waals surface area contributed by atoms with Gasteiger partial charge in [-0.25, -0.2) is 22.1 Å². The number of hydrogen-bond acceptors (Lipinski definition) is 5. The first-order valence-corrected chi connectivity index (χ1v) is 11.2. The van der Waals surface area contributed by atoms with Crippen LogP contribution in [-0.4, -0.2) is 40.2 Å². The van der Waals surface area contributed by atoms with Gasteiger partial charge >= 0.3 is 0 Å². The van der Waals surface area contributed by atoms with Gasteiger partial charge in [-0.3, -0.25) is 0 Å². The number of benzene rings is 2. The van der Waals surface area contributed by atoms with Gasteiger partial charge in [-0.05, 0) is 54.8 Å². The van der Waals surface area contributed by atoms with Gasteiger partial charge in [-0.15, -0.1) is 5.10 Å². The number of anilines is 2. The van der Waals surface area contributed by atoms with Gasteiger partial charge in [0, 0.05) is 41.2 Å². The maximum absolute atomic E-state index is 13.4. The van der Waals surface area contributed by atoms with Crippen LogP contribution in [0.3, 0.4) is 0 Å². The summed E-state index contributed by atoms with van der Waals surface area (Å²) in [6.07, 6.45) is -1.97. The van der Waals surface area contributed by atoms with Crippen molar-refractivity contribution in [2.24, 2.45) is 0 Å². The predicted molar refractivity (Wildman–Crippen MR) is 126 cm³/mol. The van der Waals surface area contributed by atoms with Crippen molar-refractivity contribution in [3.8, 4) is 16.9 Å². The summed E-state index contributed by atoms with van der Waals surface area (Å²) >= 11 is 0. The number of aryl methyl sites for hydroxylation is 1. The Morgan fingerprint density at radius 1 is 1.06 bits per heavy atom. The number of ether oxygens (including phenoxy) is 1. The number of nitrogens with one attached hydrogen (secondary N) is 2. The molecular weight excluding hydrogens is 462 g/mol. The van der Waals surface area contributed by atoms with E-state index in [1.54, 1.807) is 18.3 Å². The Bertz CT molecular complexity index is 1300. The average molecular weight is 485 g/mol. The van der Waals surface area contributed by atoms with Crippen LogP contribution >= 0.6 is 0 Å². The van der Waals surface area contributed by atoms with Crippen LogP contribution < -0.4 is 15.4 Å². The fourth-order valence-corrected chi connectivity index (χ4v) is 4.23. The average Bonchev–Trinajstić information content (AvgIpc) is 3.16. The third-order valence-corrected chi connectivity index (χ3v) is 5.92. The molecule has 1 aliphatic rings. The monoisotopic (exact) mass is 485 g/mol. The first kappa shape index (κ1) is 22.9. The molecule has 0 bridgehead atoms. The second-order valence-electron chi connectivity index (χ2n) is 8.30. The van der Waals surface area contributed by atoms with Crippen LogP contribution in [0.4, 0.5) is 29.2 Å². The van der Waals surface area contributed by atoms with Gasteiger partial charge in [-0.2, -0.15) is 4.98 Å². The van der Waals surface area contributed by atoms with Crippen molar-refractivity contribution in [3.63, 3.8) is 0 Å². The molecule has 0 spiro atoms. The molecule has 2 aromatic heterocycles. The van der Waals surface area contributed by atoms with E-state index in [1.807, 2.05) is 18.2 Å². The molecule has 2 N–H and O–H groups in total. The van der Waals surface area contributed by atoms with Gasteiger partial charge in [0.15, 0.2) is 5.65 Å². The largest absolute Gasteiger partial charge is 0.487 e. The molecule has 0 fully saturated rings. The van der Waals surface area contributed by atoms with Crippen LogP contribution in [0.15, 0.2) is 60.8 Å². The number of fused-ring (bicyclic) bond motifs is 2. The zero-order valence-electron chi connectivity index (χ0n) is 18.6. The van der Waals surface area contributed by atoms with Crippen LogP contribution in [0.2, 0.25) is 0 Å². The lowest BCUT2D eigenvalue weighted by Gasteiger charge is -2.15. The van der Waals surface area contributed by atoms with Gasteiger partial charge in [0.25, 0.3) is 12.9 Å². The second-order valence-corrected chi connectivity index (χ2v) is 8.30. The van der Waals surface area contributed by atoms with Crippen LogP contribution in [0.5, 0.6) is 5.75 Å². The van der Waals surface area contributed by atoms with Gasteiger partial charge < -0.3 is 15.4 Å². The Hall–Kier alpha value is -3.82. The van der Waals surface area contributed by atoms with Crippen molar-refractivity contribution in [2.45, 2.75) is 31.7 Å². The molecule has 0 amide bonds. The van der Waals surface area contributed by atoms with Crippen LogP contribution in [0.25, 0.3) is 16.8 Å². The molecule has 2 aromatic carbocycles. The van der Waals surface area contributed by atoms with E-state index in [1.165, 1.54) is 28.3 Å². The lowest BCUT2D eigenvalue weighted by Crippen LogP contribution is -2.27. The van der Waals surface area contributed by atoms with Crippen LogP contribution in [-0.2, 0) is 6.42 Å². The number of nitrogens with zero attached hydrogens (tertiary/aromatic N) is 3. The van der Waals surface area contributed by atoms with Crippen LogP contribution in [0, 0.1) is 0 Å². The van der Waals surface area contributed by atoms with E-state index in [0.29, 0.717) is 23.7 Å². The number of para-hydroxylation sites is 1. The van der Waals surface area contributed by atoms with E-state index in [4.69, 9.17) is 4.74 Å². The smallest absolute Gasteiger partial charge is 0.272 e. The number of alkyl halides is 4. The predicted octanol–water partition coefficient (Wildman–Crippen LogP) is 5.82. The molecule has 35 heavy (non-hydrogen) atoms. The summed E-state index contributed by atoms with van der Waals surface area (Å²) in [6, 6.07) is 15.3. The van der Waals surface area contributed by atoms with Gasteiger partial charge in [0.05, 0.1) is 0 Å². The standard InChI is InChI=1S/C25H23F4N5O/c26-22(27)14-35-21-10-8-16(23(28)29)12-19(21)18-5-3-11-34-24(18)32-25(33-34)31-17-9-7-15-4-1-2-6-20(15)30-13-17/h1-6,8,10-12,17,22-23,30H,7,9,13-14H2,(H,31,33). The number of halogens is 4. The van der Waals surface area contributed by atoms with E-state index in [0.717, 1.165) is 18.5 Å². The highest BCUT2D eigenvalue weighted by Crippen LogP contribution is 2.36. The summed E-state index contributed by atoms with van der Waals surface area (Å²) in [5, 5.41) is 11.3. The first-order valence-electron chi connectivity index (χ1n) is 11.2. The topological polar surface area (TPSA) is 63.5 Å². The van der Waals surface area contributed by atoms with Crippen LogP contribution in [0.1, 0.15) is 24.0 Å². The third kappa shape index (κ3) is 5.01. The summed E-state index contributed by atoms with van der Waals surface area (Å²) in [5.74, 6) is 0.460. The SMILES string of the molecule is FC(F)COc1ccc(C(F)F)cc1-c1cccn2nc(NC3CCc4ccccc4NC3)nc12. The van der Waals surface area contributed by atoms with E-state index < -0.39 is 19.5 Å². The van der Waals surface area contributed by atoms with E-state index in [9.17, 15) is 17.6 Å². The molecule has 0 saturated heterocycles. The summed E-state index contributed by atoms with van der Waals surface area (Å²) < 4.78 is 59.1. The maximum Gasteiger partial charge on any atom is 0.272 e. The lowest BCUT2D eigenvalue weighted by molar-refractivity contribution is 0.0821. The molecule has 10 heteroatoms. The molecule has 0 radical (unpaired) electrons. The summed E-state index contributed by atoms with van der Waals surface area (Å²) in [7, 11) is 0. The Balaban J connectivity index is 1.45. The molecule has 182 valence electrons. The van der Waals surface area contributed by atoms with E-state index >= 15 is 0 Å². The molecule has 1 aliphatic heterocycles. The number of pyridine rings is 1. The summed E-state index contributed by atoms with van der Waals surface area (Å²) in [5.41, 5.74) is 3.21. The van der Waals surface area contributed by atoms with Crippen molar-refractivity contribution in [1.29, 1.82) is 0 Å². The van der Waals surface area contributed by atoms with Gasteiger partial charge in [0.2, 0.25) is 5.95 Å². The van der Waals surface area contributed by atoms with Crippen molar-refractivity contribution >= 4 is 17.3 Å². The summed E-state index contributed by atoms with van der Waals surface area (Å²) in [6.45, 7) is -0.165. The molecule has 4 aromatic rings. The lowest BCUT2D eigenvalue weighted by atomic mass is 10.0. The van der Waals surface area contributed by atoms with Crippen molar-refractivity contribution in [3.05, 3.63) is 71.9 Å². The van der Waals surface area contributed by atoms with E-state index in [2.05, 4.69) is 26.8 Å². The fraction of sp³-hybridized carbons (Fsp3) is 0.280. The minimum Gasteiger partial charge on any atom is -0.487 e. The Labute approximate surface area is 198 Å². The van der Waals surface area contributed by atoms with Gasteiger partial charge in [0.1, 0.15) is 12.4 Å². The number of aromatic nitrogens is 3. The highest BCUT2D eigenvalue weighted by molar-refractivity contribution is 5.82. The minimum absolute atomic E-state index is 0.0651. The number of hydrogen-bond donors (Lipinski definition) is 2. The molecule has 1 atom stereocenters. The molecule has 3 heterocycles. The molecular formula is C25H23F4N5O. The highest BCUT2D eigenvalue weighted by atomic mass is 19.3. The summed E-state index contributed by atoms with van der Waals surface area (Å²) in [4.78, 5) is 4.60. The zero-order chi connectivity index (χ0) is 24.4. The molecule has 6 nitrogen and oxygen atoms in total. The van der Waals surface area contributed by atoms with Gasteiger partial charge in [-0.1, -0.05) is 18.2 Å². The fourth-order valence-electron chi connectivity index (χ4n) is 4.23. The van der Waals surface area contributed by atoms with Crippen molar-refractivity contribution in [1.82, 2.24) is 14.6 Å². The molecule has 1 unspecified atom stereocenters. The molecule has 0 saturated carbocycles. The van der Waals surface area contributed by atoms with Crippen molar-refractivity contribution < 1.29 is 22.3 Å². The normalized spacial score (nSPS) is 15.7. The second kappa shape index (κ2) is 9.81. The number of rotatable bonds is 7.